The van der Waals surface area contributed by atoms with Crippen LogP contribution in [0, 0.1) is 6.92 Å². The van der Waals surface area contributed by atoms with Gasteiger partial charge in [0.25, 0.3) is 10.0 Å². The minimum absolute atomic E-state index is 0.125. The van der Waals surface area contributed by atoms with Crippen LogP contribution in [0.1, 0.15) is 11.1 Å². The van der Waals surface area contributed by atoms with E-state index in [2.05, 4.69) is 10.3 Å². The molecule has 0 bridgehead atoms. The molecule has 3 aromatic carbocycles. The van der Waals surface area contributed by atoms with E-state index in [4.69, 9.17) is 4.74 Å². The zero-order valence-electron chi connectivity index (χ0n) is 18.4. The summed E-state index contributed by atoms with van der Waals surface area (Å²) in [4.78, 5) is 16.1. The van der Waals surface area contributed by atoms with E-state index >= 15 is 0 Å². The summed E-state index contributed by atoms with van der Waals surface area (Å²) < 4.78 is 33.5. The van der Waals surface area contributed by atoms with Gasteiger partial charge in [-0.25, -0.2) is 8.42 Å². The molecule has 8 heteroatoms. The molecular weight excluding hydrogens is 438 g/mol. The number of benzene rings is 3. The second-order valence-corrected chi connectivity index (χ2v) is 9.53. The number of para-hydroxylation sites is 1. The molecular formula is C25H25N3O4S. The van der Waals surface area contributed by atoms with Crippen molar-refractivity contribution in [2.75, 3.05) is 18.0 Å². The fourth-order valence-electron chi connectivity index (χ4n) is 3.54. The minimum atomic E-state index is -3.99. The number of anilines is 1. The molecule has 0 aliphatic carbocycles. The molecule has 1 heterocycles. The van der Waals surface area contributed by atoms with Crippen LogP contribution < -0.4 is 14.4 Å². The van der Waals surface area contributed by atoms with Gasteiger partial charge in [-0.2, -0.15) is 0 Å². The molecule has 1 aromatic heterocycles. The van der Waals surface area contributed by atoms with Crippen LogP contribution in [0.25, 0.3) is 10.9 Å². The first kappa shape index (κ1) is 22.4. The van der Waals surface area contributed by atoms with Gasteiger partial charge in [0, 0.05) is 18.1 Å². The molecule has 0 fully saturated rings. The van der Waals surface area contributed by atoms with E-state index in [1.807, 2.05) is 43.3 Å². The summed E-state index contributed by atoms with van der Waals surface area (Å²) in [6, 6.07) is 21.1. The number of hydrogen-bond donors (Lipinski definition) is 2. The standard InChI is InChI=1S/C25H25N3O4S/c1-18-6-12-22(13-7-18)33(30,31)28(23-5-3-4-20-14-15-26-25(20)23)17-24(29)27-16-19-8-10-21(32-2)11-9-19/h3-15,26H,16-17H2,1-2H3,(H,27,29). The summed E-state index contributed by atoms with van der Waals surface area (Å²) in [7, 11) is -2.40. The van der Waals surface area contributed by atoms with Crippen molar-refractivity contribution in [1.29, 1.82) is 0 Å². The summed E-state index contributed by atoms with van der Waals surface area (Å²) in [6.45, 7) is 1.80. The Bertz CT molecular complexity index is 1360. The number of fused-ring (bicyclic) bond motifs is 1. The van der Waals surface area contributed by atoms with Gasteiger partial charge in [0.1, 0.15) is 12.3 Å². The van der Waals surface area contributed by atoms with Gasteiger partial charge in [-0.15, -0.1) is 0 Å². The Morgan fingerprint density at radius 1 is 1.00 bits per heavy atom. The lowest BCUT2D eigenvalue weighted by Gasteiger charge is -2.25. The van der Waals surface area contributed by atoms with Crippen molar-refractivity contribution in [2.24, 2.45) is 0 Å². The lowest BCUT2D eigenvalue weighted by Crippen LogP contribution is -2.40. The van der Waals surface area contributed by atoms with Gasteiger partial charge in [-0.1, -0.05) is 42.0 Å². The van der Waals surface area contributed by atoms with Crippen molar-refractivity contribution in [3.8, 4) is 5.75 Å². The number of H-pyrrole nitrogens is 1. The van der Waals surface area contributed by atoms with Crippen molar-refractivity contribution in [3.05, 3.63) is 90.1 Å². The van der Waals surface area contributed by atoms with Crippen LogP contribution in [0.5, 0.6) is 5.75 Å². The first-order valence-electron chi connectivity index (χ1n) is 10.4. The summed E-state index contributed by atoms with van der Waals surface area (Å²) >= 11 is 0. The molecule has 0 unspecified atom stereocenters. The number of aryl methyl sites for hydroxylation is 1. The molecule has 4 rings (SSSR count). The third-order valence-electron chi connectivity index (χ3n) is 5.38. The van der Waals surface area contributed by atoms with E-state index in [0.29, 0.717) is 11.2 Å². The smallest absolute Gasteiger partial charge is 0.264 e. The fraction of sp³-hybridized carbons (Fsp3) is 0.160. The zero-order chi connectivity index (χ0) is 23.4. The Balaban J connectivity index is 1.63. The van der Waals surface area contributed by atoms with Crippen LogP contribution in [-0.4, -0.2) is 33.0 Å². The number of sulfonamides is 1. The highest BCUT2D eigenvalue weighted by Crippen LogP contribution is 2.30. The molecule has 0 spiro atoms. The molecule has 33 heavy (non-hydrogen) atoms. The van der Waals surface area contributed by atoms with Crippen LogP contribution in [0.2, 0.25) is 0 Å². The third-order valence-corrected chi connectivity index (χ3v) is 7.15. The molecule has 7 nitrogen and oxygen atoms in total. The minimum Gasteiger partial charge on any atom is -0.497 e. The molecule has 0 atom stereocenters. The maximum Gasteiger partial charge on any atom is 0.264 e. The molecule has 0 aliphatic heterocycles. The van der Waals surface area contributed by atoms with Gasteiger partial charge in [0.2, 0.25) is 5.91 Å². The molecule has 0 saturated carbocycles. The monoisotopic (exact) mass is 463 g/mol. The lowest BCUT2D eigenvalue weighted by molar-refractivity contribution is -0.119. The van der Waals surface area contributed by atoms with Gasteiger partial charge in [-0.3, -0.25) is 9.10 Å². The van der Waals surface area contributed by atoms with Crippen LogP contribution >= 0.6 is 0 Å². The van der Waals surface area contributed by atoms with Gasteiger partial charge in [0.05, 0.1) is 23.2 Å². The number of nitrogens with one attached hydrogen (secondary N) is 2. The van der Waals surface area contributed by atoms with E-state index < -0.39 is 15.9 Å². The number of carbonyl (C=O) groups excluding carboxylic acids is 1. The molecule has 2 N–H and O–H groups in total. The number of nitrogens with zero attached hydrogens (tertiary/aromatic N) is 1. The van der Waals surface area contributed by atoms with Crippen LogP contribution in [-0.2, 0) is 21.4 Å². The predicted molar refractivity (Wildman–Crippen MR) is 129 cm³/mol. The largest absolute Gasteiger partial charge is 0.497 e. The summed E-state index contributed by atoms with van der Waals surface area (Å²) in [6.07, 6.45) is 1.74. The molecule has 0 aliphatic rings. The average Bonchev–Trinajstić information content (AvgIpc) is 3.31. The Labute approximate surface area is 193 Å². The van der Waals surface area contributed by atoms with E-state index in [0.717, 1.165) is 26.6 Å². The predicted octanol–water partition coefficient (Wildman–Crippen LogP) is 4.00. The van der Waals surface area contributed by atoms with E-state index in [1.54, 1.807) is 49.7 Å². The lowest BCUT2D eigenvalue weighted by atomic mass is 10.2. The number of aromatic nitrogens is 1. The van der Waals surface area contributed by atoms with Crippen molar-refractivity contribution < 1.29 is 17.9 Å². The van der Waals surface area contributed by atoms with Crippen molar-refractivity contribution in [2.45, 2.75) is 18.4 Å². The Kier molecular flexibility index (Phi) is 6.37. The molecule has 0 radical (unpaired) electrons. The van der Waals surface area contributed by atoms with Gasteiger partial charge in [0.15, 0.2) is 0 Å². The second kappa shape index (κ2) is 9.38. The Morgan fingerprint density at radius 2 is 1.73 bits per heavy atom. The normalized spacial score (nSPS) is 11.3. The van der Waals surface area contributed by atoms with Crippen molar-refractivity contribution >= 4 is 32.5 Å². The first-order chi connectivity index (χ1) is 15.9. The number of carbonyl (C=O) groups is 1. The number of methoxy groups -OCH3 is 1. The molecule has 170 valence electrons. The average molecular weight is 464 g/mol. The number of ether oxygens (including phenoxy) is 1. The summed E-state index contributed by atoms with van der Waals surface area (Å²) in [5, 5.41) is 3.67. The topological polar surface area (TPSA) is 91.5 Å². The molecule has 4 aromatic rings. The maximum atomic E-state index is 13.6. The molecule has 0 saturated heterocycles. The Morgan fingerprint density at radius 3 is 2.42 bits per heavy atom. The summed E-state index contributed by atoms with van der Waals surface area (Å²) in [5.74, 6) is 0.310. The van der Waals surface area contributed by atoms with E-state index in [9.17, 15) is 13.2 Å². The second-order valence-electron chi connectivity index (χ2n) is 7.67. The van der Waals surface area contributed by atoms with Gasteiger partial charge < -0.3 is 15.0 Å². The summed E-state index contributed by atoms with van der Waals surface area (Å²) in [5.41, 5.74) is 2.89. The van der Waals surface area contributed by atoms with Crippen molar-refractivity contribution in [1.82, 2.24) is 10.3 Å². The van der Waals surface area contributed by atoms with Crippen molar-refractivity contribution in [3.63, 3.8) is 0 Å². The van der Waals surface area contributed by atoms with Crippen LogP contribution in [0.15, 0.2) is 83.9 Å². The highest BCUT2D eigenvalue weighted by Gasteiger charge is 2.28. The SMILES string of the molecule is COc1ccc(CNC(=O)CN(c2cccc3cc[nH]c23)S(=O)(=O)c2ccc(C)cc2)cc1. The van der Waals surface area contributed by atoms with Crippen LogP contribution in [0.3, 0.4) is 0 Å². The van der Waals surface area contributed by atoms with Crippen LogP contribution in [0.4, 0.5) is 5.69 Å². The first-order valence-corrected chi connectivity index (χ1v) is 11.9. The molecule has 1 amide bonds. The third kappa shape index (κ3) is 4.85. The number of hydrogen-bond acceptors (Lipinski definition) is 4. The van der Waals surface area contributed by atoms with Gasteiger partial charge >= 0.3 is 0 Å². The van der Waals surface area contributed by atoms with Gasteiger partial charge in [-0.05, 0) is 48.9 Å². The maximum absolute atomic E-state index is 13.6. The van der Waals surface area contributed by atoms with E-state index in [-0.39, 0.29) is 18.0 Å². The Hall–Kier alpha value is -3.78. The zero-order valence-corrected chi connectivity index (χ0v) is 19.2. The highest BCUT2D eigenvalue weighted by molar-refractivity contribution is 7.92. The highest BCUT2D eigenvalue weighted by atomic mass is 32.2. The number of amides is 1. The number of aromatic amines is 1. The number of rotatable bonds is 8. The quantitative estimate of drug-likeness (QED) is 0.413. The van der Waals surface area contributed by atoms with E-state index in [1.165, 1.54) is 0 Å². The fourth-order valence-corrected chi connectivity index (χ4v) is 4.98.